The number of rotatable bonds is 1. The van der Waals surface area contributed by atoms with Crippen LogP contribution in [0.25, 0.3) is 0 Å². The first kappa shape index (κ1) is 12.6. The molecular weight excluding hydrogens is 276 g/mol. The van der Waals surface area contributed by atoms with E-state index in [0.717, 1.165) is 15.9 Å². The zero-order chi connectivity index (χ0) is 14.3. The lowest BCUT2D eigenvalue weighted by molar-refractivity contribution is 0.428. The topological polar surface area (TPSA) is 76.9 Å². The standard InChI is InChI=1S/C14H11ClN4O/c1-8-7-20-14-13(11(6-16)19(17)18-14)12(8)9-3-2-4-10(15)5-9/h2-5,7,12H,17H2,1H3/t12-/m0/s1. The van der Waals surface area contributed by atoms with Crippen molar-refractivity contribution in [3.63, 3.8) is 0 Å². The summed E-state index contributed by atoms with van der Waals surface area (Å²) >= 11 is 6.06. The van der Waals surface area contributed by atoms with Gasteiger partial charge in [-0.3, -0.25) is 0 Å². The molecule has 0 amide bonds. The monoisotopic (exact) mass is 286 g/mol. The predicted molar refractivity (Wildman–Crippen MR) is 74.8 cm³/mol. The highest BCUT2D eigenvalue weighted by Crippen LogP contribution is 2.41. The maximum Gasteiger partial charge on any atom is 0.245 e. The number of fused-ring (bicyclic) bond motifs is 1. The summed E-state index contributed by atoms with van der Waals surface area (Å²) in [4.78, 5) is 1.05. The second-order valence-corrected chi connectivity index (χ2v) is 5.03. The van der Waals surface area contributed by atoms with Crippen LogP contribution >= 0.6 is 11.6 Å². The fourth-order valence-corrected chi connectivity index (χ4v) is 2.64. The number of ether oxygens (including phenoxy) is 1. The van der Waals surface area contributed by atoms with Crippen molar-refractivity contribution in [2.24, 2.45) is 0 Å². The molecule has 5 nitrogen and oxygen atoms in total. The van der Waals surface area contributed by atoms with Gasteiger partial charge in [0.15, 0.2) is 5.69 Å². The van der Waals surface area contributed by atoms with E-state index >= 15 is 0 Å². The number of allylic oxidation sites excluding steroid dienone is 1. The average Bonchev–Trinajstić information content (AvgIpc) is 2.74. The van der Waals surface area contributed by atoms with Crippen molar-refractivity contribution in [3.05, 3.63) is 57.9 Å². The first-order valence-corrected chi connectivity index (χ1v) is 6.36. The largest absolute Gasteiger partial charge is 0.445 e. The van der Waals surface area contributed by atoms with E-state index in [1.54, 1.807) is 6.26 Å². The molecule has 2 aromatic rings. The Morgan fingerprint density at radius 2 is 2.30 bits per heavy atom. The number of halogens is 1. The molecule has 0 saturated heterocycles. The second kappa shape index (κ2) is 4.58. The zero-order valence-corrected chi connectivity index (χ0v) is 11.4. The number of nitrogens with zero attached hydrogens (tertiary/aromatic N) is 3. The van der Waals surface area contributed by atoms with Crippen LogP contribution in [-0.2, 0) is 0 Å². The van der Waals surface area contributed by atoms with E-state index in [1.807, 2.05) is 31.2 Å². The number of hydrogen-bond acceptors (Lipinski definition) is 4. The Hall–Kier alpha value is -2.45. The van der Waals surface area contributed by atoms with Crippen molar-refractivity contribution in [2.75, 3.05) is 5.84 Å². The minimum absolute atomic E-state index is 0.135. The van der Waals surface area contributed by atoms with Crippen LogP contribution in [0.5, 0.6) is 5.88 Å². The number of aromatic nitrogens is 2. The fraction of sp³-hybridized carbons (Fsp3) is 0.143. The molecule has 0 aliphatic carbocycles. The van der Waals surface area contributed by atoms with Gasteiger partial charge in [-0.05, 0) is 30.2 Å². The lowest BCUT2D eigenvalue weighted by atomic mass is 9.85. The normalized spacial score (nSPS) is 16.9. The molecular formula is C14H11ClN4O. The smallest absolute Gasteiger partial charge is 0.245 e. The maximum atomic E-state index is 9.28. The average molecular weight is 287 g/mol. The highest BCUT2D eigenvalue weighted by Gasteiger charge is 2.31. The molecule has 100 valence electrons. The number of nitrogen functional groups attached to an aromatic ring is 1. The summed E-state index contributed by atoms with van der Waals surface area (Å²) in [5, 5.41) is 13.9. The van der Waals surface area contributed by atoms with Crippen LogP contribution in [0.1, 0.15) is 29.7 Å². The summed E-state index contributed by atoms with van der Waals surface area (Å²) < 4.78 is 5.42. The molecule has 0 radical (unpaired) electrons. The third-order valence-corrected chi connectivity index (χ3v) is 3.54. The maximum absolute atomic E-state index is 9.28. The van der Waals surface area contributed by atoms with Crippen molar-refractivity contribution in [1.29, 1.82) is 5.26 Å². The van der Waals surface area contributed by atoms with Crippen LogP contribution in [0.2, 0.25) is 5.02 Å². The molecule has 1 aliphatic rings. The van der Waals surface area contributed by atoms with Gasteiger partial charge in [-0.2, -0.15) is 10.1 Å². The van der Waals surface area contributed by atoms with E-state index in [9.17, 15) is 5.26 Å². The summed E-state index contributed by atoms with van der Waals surface area (Å²) in [6.07, 6.45) is 1.63. The van der Waals surface area contributed by atoms with Gasteiger partial charge in [-0.25, -0.2) is 0 Å². The first-order valence-electron chi connectivity index (χ1n) is 5.98. The summed E-state index contributed by atoms with van der Waals surface area (Å²) in [6, 6.07) is 9.58. The summed E-state index contributed by atoms with van der Waals surface area (Å²) in [7, 11) is 0. The number of nitrogens with two attached hydrogens (primary N) is 1. The van der Waals surface area contributed by atoms with Crippen LogP contribution in [0.4, 0.5) is 0 Å². The van der Waals surface area contributed by atoms with E-state index in [1.165, 1.54) is 0 Å². The number of nitriles is 1. The Morgan fingerprint density at radius 3 is 3.00 bits per heavy atom. The highest BCUT2D eigenvalue weighted by atomic mass is 35.5. The quantitative estimate of drug-likeness (QED) is 0.817. The Kier molecular flexibility index (Phi) is 2.88. The second-order valence-electron chi connectivity index (χ2n) is 4.59. The molecule has 0 bridgehead atoms. The molecule has 0 unspecified atom stereocenters. The van der Waals surface area contributed by atoms with Gasteiger partial charge in [0.1, 0.15) is 6.07 Å². The molecule has 2 N–H and O–H groups in total. The molecule has 1 aromatic carbocycles. The van der Waals surface area contributed by atoms with Crippen LogP contribution in [0, 0.1) is 11.3 Å². The van der Waals surface area contributed by atoms with Crippen molar-refractivity contribution in [3.8, 4) is 11.9 Å². The third-order valence-electron chi connectivity index (χ3n) is 3.30. The van der Waals surface area contributed by atoms with Gasteiger partial charge < -0.3 is 10.6 Å². The third kappa shape index (κ3) is 1.82. The van der Waals surface area contributed by atoms with Gasteiger partial charge in [0.2, 0.25) is 5.88 Å². The van der Waals surface area contributed by atoms with E-state index in [4.69, 9.17) is 22.2 Å². The molecule has 0 spiro atoms. The van der Waals surface area contributed by atoms with Crippen LogP contribution in [-0.4, -0.2) is 9.89 Å². The van der Waals surface area contributed by atoms with Crippen LogP contribution in [0.15, 0.2) is 36.1 Å². The van der Waals surface area contributed by atoms with Gasteiger partial charge in [-0.15, -0.1) is 5.10 Å². The van der Waals surface area contributed by atoms with Gasteiger partial charge in [0.05, 0.1) is 11.8 Å². The molecule has 0 fully saturated rings. The van der Waals surface area contributed by atoms with E-state index in [0.29, 0.717) is 16.5 Å². The lowest BCUT2D eigenvalue weighted by Crippen LogP contribution is -2.14. The first-order chi connectivity index (χ1) is 9.61. The predicted octanol–water partition coefficient (Wildman–Crippen LogP) is 2.55. The number of hydrogen-bond donors (Lipinski definition) is 1. The SMILES string of the molecule is CC1=COc2nn(N)c(C#N)c2[C@@H]1c1cccc(Cl)c1. The molecule has 20 heavy (non-hydrogen) atoms. The molecule has 3 rings (SSSR count). The Morgan fingerprint density at radius 1 is 1.50 bits per heavy atom. The Balaban J connectivity index is 2.23. The minimum Gasteiger partial charge on any atom is -0.445 e. The Bertz CT molecular complexity index is 757. The highest BCUT2D eigenvalue weighted by molar-refractivity contribution is 6.30. The van der Waals surface area contributed by atoms with Gasteiger partial charge in [-0.1, -0.05) is 23.7 Å². The fourth-order valence-electron chi connectivity index (χ4n) is 2.45. The zero-order valence-electron chi connectivity index (χ0n) is 10.7. The summed E-state index contributed by atoms with van der Waals surface area (Å²) in [5.41, 5.74) is 2.90. The number of benzene rings is 1. The van der Waals surface area contributed by atoms with Gasteiger partial charge in [0.25, 0.3) is 0 Å². The lowest BCUT2D eigenvalue weighted by Gasteiger charge is -2.22. The minimum atomic E-state index is -0.135. The van der Waals surface area contributed by atoms with E-state index in [-0.39, 0.29) is 11.6 Å². The molecule has 1 aromatic heterocycles. The Labute approximate surface area is 120 Å². The molecule has 1 atom stereocenters. The molecule has 2 heterocycles. The van der Waals surface area contributed by atoms with Crippen molar-refractivity contribution in [2.45, 2.75) is 12.8 Å². The van der Waals surface area contributed by atoms with Crippen LogP contribution in [0.3, 0.4) is 0 Å². The molecule has 6 heteroatoms. The molecule has 1 aliphatic heterocycles. The van der Waals surface area contributed by atoms with Gasteiger partial charge in [0, 0.05) is 10.9 Å². The summed E-state index contributed by atoms with van der Waals surface area (Å²) in [5.74, 6) is 5.93. The molecule has 0 saturated carbocycles. The van der Waals surface area contributed by atoms with Crippen molar-refractivity contribution < 1.29 is 4.74 Å². The van der Waals surface area contributed by atoms with Gasteiger partial charge >= 0.3 is 0 Å². The van der Waals surface area contributed by atoms with Crippen molar-refractivity contribution >= 4 is 11.6 Å². The summed E-state index contributed by atoms with van der Waals surface area (Å²) in [6.45, 7) is 1.93. The van der Waals surface area contributed by atoms with E-state index in [2.05, 4.69) is 11.2 Å². The van der Waals surface area contributed by atoms with Crippen molar-refractivity contribution in [1.82, 2.24) is 9.89 Å². The van der Waals surface area contributed by atoms with Crippen LogP contribution < -0.4 is 10.6 Å². The van der Waals surface area contributed by atoms with E-state index < -0.39 is 0 Å².